The molecule has 0 radical (unpaired) electrons. The molecular formula is C17H17N3O. The molecule has 0 saturated carbocycles. The molecule has 0 aromatic heterocycles. The Kier molecular flexibility index (Phi) is 3.79. The van der Waals surface area contributed by atoms with E-state index in [4.69, 9.17) is 4.99 Å². The Balaban J connectivity index is 2.14. The molecule has 1 heterocycles. The second-order valence-electron chi connectivity index (χ2n) is 4.86. The van der Waals surface area contributed by atoms with Crippen molar-refractivity contribution in [1.82, 2.24) is 5.32 Å². The fourth-order valence-corrected chi connectivity index (χ4v) is 2.43. The number of benzene rings is 2. The second kappa shape index (κ2) is 5.89. The Bertz CT molecular complexity index is 679. The van der Waals surface area contributed by atoms with Crippen molar-refractivity contribution in [1.29, 1.82) is 0 Å². The summed E-state index contributed by atoms with van der Waals surface area (Å²) in [4.78, 5) is 17.2. The summed E-state index contributed by atoms with van der Waals surface area (Å²) in [7, 11) is 0. The first kappa shape index (κ1) is 13.5. The SMILES string of the molecule is CCNC1C(=O)Nc2ccccc2N=C1c1ccccc1. The van der Waals surface area contributed by atoms with Crippen molar-refractivity contribution in [3.63, 3.8) is 0 Å². The van der Waals surface area contributed by atoms with Crippen molar-refractivity contribution in [3.05, 3.63) is 60.2 Å². The molecular weight excluding hydrogens is 262 g/mol. The largest absolute Gasteiger partial charge is 0.322 e. The minimum Gasteiger partial charge on any atom is -0.322 e. The van der Waals surface area contributed by atoms with E-state index >= 15 is 0 Å². The van der Waals surface area contributed by atoms with E-state index in [1.165, 1.54) is 0 Å². The third-order valence-corrected chi connectivity index (χ3v) is 3.42. The van der Waals surface area contributed by atoms with E-state index in [2.05, 4.69) is 10.6 Å². The van der Waals surface area contributed by atoms with Gasteiger partial charge in [0.1, 0.15) is 6.04 Å². The summed E-state index contributed by atoms with van der Waals surface area (Å²) >= 11 is 0. The predicted molar refractivity (Wildman–Crippen MR) is 85.2 cm³/mol. The van der Waals surface area contributed by atoms with Crippen LogP contribution in [0.1, 0.15) is 12.5 Å². The van der Waals surface area contributed by atoms with Crippen LogP contribution in [0.25, 0.3) is 0 Å². The number of likely N-dealkylation sites (N-methyl/N-ethyl adjacent to an activating group) is 1. The average Bonchev–Trinajstić information content (AvgIpc) is 2.66. The fraction of sp³-hybridized carbons (Fsp3) is 0.176. The van der Waals surface area contributed by atoms with E-state index in [1.54, 1.807) is 0 Å². The zero-order valence-electron chi connectivity index (χ0n) is 11.8. The van der Waals surface area contributed by atoms with E-state index in [0.29, 0.717) is 6.54 Å². The van der Waals surface area contributed by atoms with Crippen molar-refractivity contribution in [3.8, 4) is 0 Å². The lowest BCUT2D eigenvalue weighted by atomic mass is 10.0. The van der Waals surface area contributed by atoms with Crippen molar-refractivity contribution in [2.75, 3.05) is 11.9 Å². The standard InChI is InChI=1S/C17H17N3O/c1-2-18-16-15(12-8-4-3-5-9-12)19-13-10-6-7-11-14(13)20-17(16)21/h3-11,16,18H,2H2,1H3,(H,20,21). The smallest absolute Gasteiger partial charge is 0.247 e. The van der Waals surface area contributed by atoms with Gasteiger partial charge in [-0.2, -0.15) is 0 Å². The van der Waals surface area contributed by atoms with Gasteiger partial charge in [0.05, 0.1) is 17.1 Å². The van der Waals surface area contributed by atoms with E-state index in [1.807, 2.05) is 61.5 Å². The Morgan fingerprint density at radius 1 is 1.10 bits per heavy atom. The lowest BCUT2D eigenvalue weighted by molar-refractivity contribution is -0.116. The van der Waals surface area contributed by atoms with Gasteiger partial charge >= 0.3 is 0 Å². The molecule has 1 aliphatic heterocycles. The Morgan fingerprint density at radius 2 is 1.81 bits per heavy atom. The third kappa shape index (κ3) is 2.71. The average molecular weight is 279 g/mol. The van der Waals surface area contributed by atoms with Gasteiger partial charge in [0.2, 0.25) is 5.91 Å². The van der Waals surface area contributed by atoms with Gasteiger partial charge in [-0.25, -0.2) is 4.99 Å². The van der Waals surface area contributed by atoms with Crippen LogP contribution in [0.2, 0.25) is 0 Å². The zero-order valence-corrected chi connectivity index (χ0v) is 11.8. The van der Waals surface area contributed by atoms with Gasteiger partial charge in [0, 0.05) is 0 Å². The predicted octanol–water partition coefficient (Wildman–Crippen LogP) is 2.74. The van der Waals surface area contributed by atoms with Gasteiger partial charge in [-0.1, -0.05) is 49.4 Å². The maximum atomic E-state index is 12.5. The molecule has 106 valence electrons. The molecule has 1 amide bonds. The van der Waals surface area contributed by atoms with Crippen LogP contribution in [-0.2, 0) is 4.79 Å². The van der Waals surface area contributed by atoms with Crippen LogP contribution >= 0.6 is 0 Å². The number of hydrogen-bond acceptors (Lipinski definition) is 3. The third-order valence-electron chi connectivity index (χ3n) is 3.42. The minimum absolute atomic E-state index is 0.0793. The minimum atomic E-state index is -0.454. The van der Waals surface area contributed by atoms with Gasteiger partial charge in [-0.05, 0) is 24.2 Å². The highest BCUT2D eigenvalue weighted by molar-refractivity contribution is 6.22. The molecule has 0 saturated heterocycles. The molecule has 1 atom stereocenters. The van der Waals surface area contributed by atoms with Gasteiger partial charge in [0.25, 0.3) is 0 Å². The van der Waals surface area contributed by atoms with Crippen LogP contribution in [0.15, 0.2) is 59.6 Å². The number of para-hydroxylation sites is 2. The van der Waals surface area contributed by atoms with Crippen molar-refractivity contribution in [2.45, 2.75) is 13.0 Å². The first-order chi connectivity index (χ1) is 10.3. The summed E-state index contributed by atoms with van der Waals surface area (Å²) in [5.41, 5.74) is 3.23. The van der Waals surface area contributed by atoms with Gasteiger partial charge in [-0.3, -0.25) is 4.79 Å². The van der Waals surface area contributed by atoms with Crippen LogP contribution in [0.5, 0.6) is 0 Å². The molecule has 2 aromatic rings. The molecule has 0 spiro atoms. The molecule has 0 fully saturated rings. The van der Waals surface area contributed by atoms with E-state index in [9.17, 15) is 4.79 Å². The number of hydrogen-bond donors (Lipinski definition) is 2. The van der Waals surface area contributed by atoms with Crippen LogP contribution < -0.4 is 10.6 Å². The first-order valence-electron chi connectivity index (χ1n) is 7.07. The van der Waals surface area contributed by atoms with E-state index in [0.717, 1.165) is 22.6 Å². The molecule has 4 heteroatoms. The van der Waals surface area contributed by atoms with Crippen LogP contribution in [0.4, 0.5) is 11.4 Å². The van der Waals surface area contributed by atoms with Crippen LogP contribution in [0, 0.1) is 0 Å². The first-order valence-corrected chi connectivity index (χ1v) is 7.07. The summed E-state index contributed by atoms with van der Waals surface area (Å²) in [6, 6.07) is 17.0. The molecule has 2 aromatic carbocycles. The monoisotopic (exact) mass is 279 g/mol. The maximum Gasteiger partial charge on any atom is 0.247 e. The number of fused-ring (bicyclic) bond motifs is 1. The highest BCUT2D eigenvalue weighted by Crippen LogP contribution is 2.28. The van der Waals surface area contributed by atoms with E-state index < -0.39 is 6.04 Å². The maximum absolute atomic E-state index is 12.5. The van der Waals surface area contributed by atoms with Gasteiger partial charge in [-0.15, -0.1) is 0 Å². The number of carbonyl (C=O) groups is 1. The van der Waals surface area contributed by atoms with Gasteiger partial charge in [0.15, 0.2) is 0 Å². The molecule has 1 aliphatic rings. The summed E-state index contributed by atoms with van der Waals surface area (Å²) in [6.45, 7) is 2.67. The lowest BCUT2D eigenvalue weighted by Gasteiger charge is -2.17. The molecule has 4 nitrogen and oxygen atoms in total. The Hall–Kier alpha value is -2.46. The number of amides is 1. The quantitative estimate of drug-likeness (QED) is 0.907. The molecule has 2 N–H and O–H groups in total. The topological polar surface area (TPSA) is 53.5 Å². The number of nitrogens with zero attached hydrogens (tertiary/aromatic N) is 1. The Morgan fingerprint density at radius 3 is 2.57 bits per heavy atom. The number of carbonyl (C=O) groups excluding carboxylic acids is 1. The molecule has 3 rings (SSSR count). The molecule has 0 aliphatic carbocycles. The second-order valence-corrected chi connectivity index (χ2v) is 4.86. The Labute approximate surface area is 123 Å². The fourth-order valence-electron chi connectivity index (χ4n) is 2.43. The number of nitrogens with one attached hydrogen (secondary N) is 2. The van der Waals surface area contributed by atoms with Crippen LogP contribution in [0.3, 0.4) is 0 Å². The highest BCUT2D eigenvalue weighted by atomic mass is 16.2. The van der Waals surface area contributed by atoms with Crippen molar-refractivity contribution < 1.29 is 4.79 Å². The lowest BCUT2D eigenvalue weighted by Crippen LogP contribution is -2.46. The molecule has 21 heavy (non-hydrogen) atoms. The normalized spacial score (nSPS) is 17.5. The summed E-state index contributed by atoms with van der Waals surface area (Å²) in [5.74, 6) is -0.0793. The molecule has 1 unspecified atom stereocenters. The summed E-state index contributed by atoms with van der Waals surface area (Å²) < 4.78 is 0. The number of anilines is 1. The van der Waals surface area contributed by atoms with Crippen molar-refractivity contribution >= 4 is 23.0 Å². The molecule has 0 bridgehead atoms. The van der Waals surface area contributed by atoms with E-state index in [-0.39, 0.29) is 5.91 Å². The summed E-state index contributed by atoms with van der Waals surface area (Å²) in [5, 5.41) is 6.16. The zero-order chi connectivity index (χ0) is 14.7. The summed E-state index contributed by atoms with van der Waals surface area (Å²) in [6.07, 6.45) is 0. The number of rotatable bonds is 3. The number of aliphatic imine (C=N–C) groups is 1. The van der Waals surface area contributed by atoms with Gasteiger partial charge < -0.3 is 10.6 Å². The highest BCUT2D eigenvalue weighted by Gasteiger charge is 2.28. The van der Waals surface area contributed by atoms with Crippen LogP contribution in [-0.4, -0.2) is 24.2 Å². The van der Waals surface area contributed by atoms with Crippen molar-refractivity contribution in [2.24, 2.45) is 4.99 Å².